The van der Waals surface area contributed by atoms with E-state index in [0.29, 0.717) is 73.8 Å². The van der Waals surface area contributed by atoms with Crippen LogP contribution in [0.25, 0.3) is 0 Å². The van der Waals surface area contributed by atoms with E-state index in [-0.39, 0.29) is 52.9 Å². The fourth-order valence-corrected chi connectivity index (χ4v) is 15.2. The topological polar surface area (TPSA) is 155 Å². The van der Waals surface area contributed by atoms with Gasteiger partial charge >= 0.3 is 0 Å². The van der Waals surface area contributed by atoms with Gasteiger partial charge in [-0.1, -0.05) is 142 Å². The minimum absolute atomic E-state index is 0.159. The van der Waals surface area contributed by atoms with Crippen molar-refractivity contribution in [2.24, 2.45) is 51.2 Å². The number of hydrogen-bond acceptors (Lipinski definition) is 12. The Balaban J connectivity index is 0.000000223. The Labute approximate surface area is 561 Å². The molecule has 0 amide bonds. The highest BCUT2D eigenvalue weighted by atomic mass is 16.5. The Morgan fingerprint density at radius 1 is 0.380 bits per heavy atom. The van der Waals surface area contributed by atoms with E-state index in [1.54, 1.807) is 30.9 Å². The molecule has 0 fully saturated rings. The van der Waals surface area contributed by atoms with E-state index < -0.39 is 0 Å². The van der Waals surface area contributed by atoms with Crippen molar-refractivity contribution in [3.05, 3.63) is 94.8 Å². The summed E-state index contributed by atoms with van der Waals surface area (Å²) in [4.78, 5) is 0. The zero-order valence-electron chi connectivity index (χ0n) is 61.1. The van der Waals surface area contributed by atoms with E-state index in [1.807, 2.05) is 41.9 Å². The van der Waals surface area contributed by atoms with Crippen molar-refractivity contribution in [1.82, 2.24) is 0 Å². The quantitative estimate of drug-likeness (QED) is 0.0551. The van der Waals surface area contributed by atoms with Crippen molar-refractivity contribution < 1.29 is 58.3 Å². The number of ether oxygens (including phenoxy) is 8. The van der Waals surface area contributed by atoms with Crippen LogP contribution >= 0.6 is 0 Å². The normalized spacial score (nSPS) is 28.6. The summed E-state index contributed by atoms with van der Waals surface area (Å²) in [7, 11) is 7.20. The van der Waals surface area contributed by atoms with Crippen molar-refractivity contribution in [3.8, 4) is 0 Å². The first kappa shape index (κ1) is 79.6. The van der Waals surface area contributed by atoms with Crippen LogP contribution in [0.2, 0.25) is 0 Å². The van der Waals surface area contributed by atoms with Crippen LogP contribution in [0.15, 0.2) is 94.8 Å². The molecule has 528 valence electrons. The summed E-state index contributed by atoms with van der Waals surface area (Å²) in [5.41, 5.74) is 5.75. The molecule has 0 aliphatic heterocycles. The van der Waals surface area contributed by atoms with Crippen molar-refractivity contribution in [1.29, 1.82) is 0 Å². The van der Waals surface area contributed by atoms with Crippen LogP contribution in [0.3, 0.4) is 0 Å². The molecule has 0 saturated carbocycles. The smallest absolute Gasteiger partial charge is 0.114 e. The highest BCUT2D eigenvalue weighted by molar-refractivity contribution is 5.30. The summed E-state index contributed by atoms with van der Waals surface area (Å²) < 4.78 is 44.9. The van der Waals surface area contributed by atoms with E-state index in [9.17, 15) is 20.4 Å². The van der Waals surface area contributed by atoms with Gasteiger partial charge in [0.15, 0.2) is 0 Å². The third-order valence-electron chi connectivity index (χ3n) is 23.4. The molecular formula is C80H136O12. The van der Waals surface area contributed by atoms with Gasteiger partial charge in [-0.25, -0.2) is 0 Å². The summed E-state index contributed by atoms with van der Waals surface area (Å²) in [5.74, 6) is 6.64. The molecule has 0 bridgehead atoms. The second kappa shape index (κ2) is 40.0. The van der Waals surface area contributed by atoms with Gasteiger partial charge in [0.05, 0.1) is 92.5 Å². The molecule has 14 unspecified atom stereocenters. The number of allylic oxidation sites excluding steroid dienone is 11. The Hall–Kier alpha value is -3.04. The lowest BCUT2D eigenvalue weighted by molar-refractivity contribution is -0.0145. The first-order chi connectivity index (χ1) is 43.9. The molecule has 12 nitrogen and oxygen atoms in total. The van der Waals surface area contributed by atoms with Gasteiger partial charge in [-0.05, 0) is 212 Å². The number of methoxy groups -OCH3 is 4. The van der Waals surface area contributed by atoms with Gasteiger partial charge in [-0.2, -0.15) is 0 Å². The summed E-state index contributed by atoms with van der Waals surface area (Å²) in [6.45, 7) is 28.9. The maximum Gasteiger partial charge on any atom is 0.114 e. The first-order valence-electron chi connectivity index (χ1n) is 36.7. The zero-order chi connectivity index (χ0) is 67.5. The van der Waals surface area contributed by atoms with Crippen molar-refractivity contribution in [2.45, 2.75) is 305 Å². The van der Waals surface area contributed by atoms with Crippen LogP contribution in [-0.2, 0) is 37.9 Å². The van der Waals surface area contributed by atoms with E-state index in [4.69, 9.17) is 37.9 Å². The van der Waals surface area contributed by atoms with Crippen molar-refractivity contribution in [3.63, 3.8) is 0 Å². The largest absolute Gasteiger partial charge is 0.501 e. The number of rotatable bonds is 28. The number of aliphatic hydroxyl groups excluding tert-OH is 4. The van der Waals surface area contributed by atoms with Gasteiger partial charge in [0, 0.05) is 46.0 Å². The molecule has 8 aliphatic rings. The lowest BCUT2D eigenvalue weighted by Gasteiger charge is -2.43. The second-order valence-corrected chi connectivity index (χ2v) is 30.5. The minimum Gasteiger partial charge on any atom is -0.501 e. The SMILES string of the molecule is CCC(O)COC1=CCC(C(C)(C)C2=CCC(OC)CC2)CC1.CCC(O)COC1=CCC(C(C)(C)C2CC=C(OC)CC2)CC1.CCC(O)COC1C=CC(C(C)(C)C2C=CC(OC)CC2)CC1.CCC(O)COC1CC=C(C(C)(C)C2=CCC(OC)CC2)CC1. The molecule has 0 spiro atoms. The highest BCUT2D eigenvalue weighted by Crippen LogP contribution is 2.50. The average Bonchev–Trinajstić information content (AvgIpc) is 0.903. The molecule has 0 saturated heterocycles. The van der Waals surface area contributed by atoms with Gasteiger partial charge in [0.2, 0.25) is 0 Å². The molecule has 92 heavy (non-hydrogen) atoms. The molecule has 0 aromatic heterocycles. The summed E-state index contributed by atoms with van der Waals surface area (Å²) in [5, 5.41) is 38.5. The van der Waals surface area contributed by atoms with Crippen LogP contribution < -0.4 is 0 Å². The monoisotopic (exact) mass is 1290 g/mol. The summed E-state index contributed by atoms with van der Waals surface area (Å²) >= 11 is 0. The third-order valence-corrected chi connectivity index (χ3v) is 23.4. The molecule has 0 aromatic rings. The molecule has 4 N–H and O–H groups in total. The standard InChI is InChI=1S/4C20H34O3/c4*1-5-17(21)14-23-19-12-8-16(9-13-19)20(2,3)15-6-10-18(22-4)11-7-15/h10,12,15-17,21H,5-9,11,13-14H2,1-4H3;6,12,16-18,21H,5,7-11,13-14H2,1-4H3;6,8,17-19,21H,5,7,9-14H2,1-4H3;6,8,10,12,15-19,21H,5,7,9,11,13-14H2,1-4H3. The van der Waals surface area contributed by atoms with E-state index >= 15 is 0 Å². The minimum atomic E-state index is -0.341. The first-order valence-corrected chi connectivity index (χ1v) is 36.7. The number of hydrogen-bond donors (Lipinski definition) is 4. The van der Waals surface area contributed by atoms with E-state index in [1.165, 1.54) is 25.7 Å². The molecule has 0 radical (unpaired) electrons. The Bertz CT molecular complexity index is 2370. The predicted molar refractivity (Wildman–Crippen MR) is 377 cm³/mol. The Kier molecular flexibility index (Phi) is 34.6. The van der Waals surface area contributed by atoms with Crippen LogP contribution in [-0.4, -0.2) is 130 Å². The summed E-state index contributed by atoms with van der Waals surface area (Å²) in [6, 6.07) is 0. The van der Waals surface area contributed by atoms with E-state index in [0.717, 1.165) is 164 Å². The molecule has 0 aromatic carbocycles. The van der Waals surface area contributed by atoms with Crippen LogP contribution in [0, 0.1) is 51.2 Å². The molecule has 8 aliphatic carbocycles. The van der Waals surface area contributed by atoms with Gasteiger partial charge in [0.1, 0.15) is 13.2 Å². The van der Waals surface area contributed by atoms with Crippen LogP contribution in [0.4, 0.5) is 0 Å². The molecule has 14 atom stereocenters. The van der Waals surface area contributed by atoms with E-state index in [2.05, 4.69) is 116 Å². The van der Waals surface area contributed by atoms with Gasteiger partial charge in [-0.15, -0.1) is 0 Å². The Morgan fingerprint density at radius 3 is 1.15 bits per heavy atom. The van der Waals surface area contributed by atoms with Crippen LogP contribution in [0.1, 0.15) is 250 Å². The Morgan fingerprint density at radius 2 is 0.783 bits per heavy atom. The third kappa shape index (κ3) is 24.8. The fraction of sp³-hybridized carbons (Fsp3) is 0.800. The van der Waals surface area contributed by atoms with Crippen LogP contribution in [0.5, 0.6) is 0 Å². The second-order valence-electron chi connectivity index (χ2n) is 30.5. The molecular weight excluding hydrogens is 1150 g/mol. The molecule has 12 heteroatoms. The molecule has 8 rings (SSSR count). The lowest BCUT2D eigenvalue weighted by Crippen LogP contribution is -2.35. The van der Waals surface area contributed by atoms with Gasteiger partial charge in [0.25, 0.3) is 0 Å². The number of aliphatic hydroxyl groups is 4. The average molecular weight is 1290 g/mol. The van der Waals surface area contributed by atoms with Gasteiger partial charge < -0.3 is 58.3 Å². The maximum atomic E-state index is 9.62. The zero-order valence-corrected chi connectivity index (χ0v) is 61.1. The van der Waals surface area contributed by atoms with Crippen molar-refractivity contribution in [2.75, 3.05) is 54.9 Å². The van der Waals surface area contributed by atoms with Gasteiger partial charge in [-0.3, -0.25) is 0 Å². The predicted octanol–water partition coefficient (Wildman–Crippen LogP) is 17.9. The molecule has 0 heterocycles. The maximum absolute atomic E-state index is 9.62. The van der Waals surface area contributed by atoms with Crippen molar-refractivity contribution >= 4 is 0 Å². The highest BCUT2D eigenvalue weighted by Gasteiger charge is 2.41. The summed E-state index contributed by atoms with van der Waals surface area (Å²) in [6.07, 6.45) is 50.8. The fourth-order valence-electron chi connectivity index (χ4n) is 15.2. The lowest BCUT2D eigenvalue weighted by atomic mass is 9.62.